The van der Waals surface area contributed by atoms with Gasteiger partial charge in [0.1, 0.15) is 0 Å². The second kappa shape index (κ2) is 15.0. The maximum absolute atomic E-state index is 2.35. The molecule has 0 N–H and O–H groups in total. The summed E-state index contributed by atoms with van der Waals surface area (Å²) in [5.74, 6) is 0. The van der Waals surface area contributed by atoms with Crippen molar-refractivity contribution in [3.05, 3.63) is 204 Å². The molecule has 256 valence electrons. The summed E-state index contributed by atoms with van der Waals surface area (Å²) in [5, 5.41) is 0. The van der Waals surface area contributed by atoms with E-state index in [-0.39, 0.29) is 5.41 Å². The normalized spacial score (nSPS) is 11.5. The molecule has 0 unspecified atom stereocenters. The summed E-state index contributed by atoms with van der Waals surface area (Å²) < 4.78 is 0. The van der Waals surface area contributed by atoms with Gasteiger partial charge < -0.3 is 9.80 Å². The molecule has 7 aromatic rings. The highest BCUT2D eigenvalue weighted by molar-refractivity contribution is 5.80. The first-order valence-electron chi connectivity index (χ1n) is 18.1. The third kappa shape index (κ3) is 7.93. The second-order valence-corrected chi connectivity index (χ2v) is 14.6. The smallest absolute Gasteiger partial charge is 0.0466 e. The van der Waals surface area contributed by atoms with Crippen LogP contribution in [0.15, 0.2) is 176 Å². The van der Waals surface area contributed by atoms with Crippen molar-refractivity contribution in [2.75, 3.05) is 9.80 Å². The molecule has 0 atom stereocenters. The van der Waals surface area contributed by atoms with Gasteiger partial charge >= 0.3 is 0 Å². The summed E-state index contributed by atoms with van der Waals surface area (Å²) in [5.41, 5.74) is 15.5. The van der Waals surface area contributed by atoms with Crippen molar-refractivity contribution in [3.63, 3.8) is 0 Å². The Hall–Kier alpha value is -6.12. The van der Waals surface area contributed by atoms with E-state index in [1.54, 1.807) is 0 Å². The van der Waals surface area contributed by atoms with E-state index >= 15 is 0 Å². The van der Waals surface area contributed by atoms with Crippen LogP contribution in [0.2, 0.25) is 0 Å². The molecule has 0 radical (unpaired) electrons. The van der Waals surface area contributed by atoms with E-state index in [1.807, 2.05) is 0 Å². The lowest BCUT2D eigenvalue weighted by atomic mass is 9.87. The Balaban J connectivity index is 1.08. The Morgan fingerprint density at radius 1 is 0.365 bits per heavy atom. The number of rotatable bonds is 9. The van der Waals surface area contributed by atoms with Gasteiger partial charge in [-0.3, -0.25) is 0 Å². The van der Waals surface area contributed by atoms with E-state index in [0.29, 0.717) is 0 Å². The highest BCUT2D eigenvalue weighted by Crippen LogP contribution is 2.38. The van der Waals surface area contributed by atoms with Gasteiger partial charge in [0, 0.05) is 34.1 Å². The van der Waals surface area contributed by atoms with Gasteiger partial charge in [0.05, 0.1) is 0 Å². The fourth-order valence-corrected chi connectivity index (χ4v) is 6.76. The zero-order valence-electron chi connectivity index (χ0n) is 30.8. The third-order valence-corrected chi connectivity index (χ3v) is 9.47. The molecule has 0 aromatic heterocycles. The van der Waals surface area contributed by atoms with E-state index in [1.165, 1.54) is 39.1 Å². The van der Waals surface area contributed by atoms with Crippen LogP contribution in [-0.2, 0) is 5.41 Å². The van der Waals surface area contributed by atoms with E-state index in [4.69, 9.17) is 0 Å². The SMILES string of the molecule is Cc1cc(C)cc(N(c2ccc(/C=C/c3ccc(-c4ccc(N(c5ccccc5)c5ccccc5)cc4)cc3)cc2)c2ccc(C(C)(C)C)cc2)c1. The van der Waals surface area contributed by atoms with Gasteiger partial charge in [-0.05, 0) is 131 Å². The quantitative estimate of drug-likeness (QED) is 0.141. The van der Waals surface area contributed by atoms with Crippen molar-refractivity contribution >= 4 is 46.3 Å². The van der Waals surface area contributed by atoms with Crippen molar-refractivity contribution in [2.24, 2.45) is 0 Å². The molecule has 52 heavy (non-hydrogen) atoms. The van der Waals surface area contributed by atoms with Crippen molar-refractivity contribution in [1.29, 1.82) is 0 Å². The minimum absolute atomic E-state index is 0.108. The number of nitrogens with zero attached hydrogens (tertiary/aromatic N) is 2. The summed E-state index contributed by atoms with van der Waals surface area (Å²) in [6.45, 7) is 11.1. The van der Waals surface area contributed by atoms with Gasteiger partial charge in [-0.2, -0.15) is 0 Å². The highest BCUT2D eigenvalue weighted by atomic mass is 15.1. The zero-order chi connectivity index (χ0) is 36.1. The van der Waals surface area contributed by atoms with E-state index < -0.39 is 0 Å². The Morgan fingerprint density at radius 2 is 0.712 bits per heavy atom. The molecule has 0 heterocycles. The van der Waals surface area contributed by atoms with Crippen LogP contribution in [0.4, 0.5) is 34.1 Å². The fourth-order valence-electron chi connectivity index (χ4n) is 6.76. The summed E-state index contributed by atoms with van der Waals surface area (Å²) in [4.78, 5) is 4.64. The minimum atomic E-state index is 0.108. The molecule has 2 nitrogen and oxygen atoms in total. The van der Waals surface area contributed by atoms with Crippen LogP contribution in [0.5, 0.6) is 0 Å². The lowest BCUT2D eigenvalue weighted by Gasteiger charge is -2.27. The number of hydrogen-bond donors (Lipinski definition) is 0. The van der Waals surface area contributed by atoms with Crippen LogP contribution < -0.4 is 9.80 Å². The summed E-state index contributed by atoms with van der Waals surface area (Å²) in [6.07, 6.45) is 4.38. The Labute approximate surface area is 310 Å². The van der Waals surface area contributed by atoms with Gasteiger partial charge in [-0.1, -0.05) is 136 Å². The van der Waals surface area contributed by atoms with Gasteiger partial charge in [-0.15, -0.1) is 0 Å². The van der Waals surface area contributed by atoms with Crippen LogP contribution in [0.3, 0.4) is 0 Å². The van der Waals surface area contributed by atoms with Gasteiger partial charge in [0.15, 0.2) is 0 Å². The standard InChI is InChI=1S/C50H46N2/c1-37-34-38(2)36-49(35-37)52(48-32-26-43(27-33-48)50(3,4)5)46-28-20-40(21-29-46)17-16-39-18-22-41(23-19-39)42-24-30-47(31-25-42)51(44-12-8-6-9-13-44)45-14-10-7-11-15-45/h6-36H,1-5H3/b17-16+. The van der Waals surface area contributed by atoms with Crippen LogP contribution in [-0.4, -0.2) is 0 Å². The van der Waals surface area contributed by atoms with Crippen LogP contribution in [0.25, 0.3) is 23.3 Å². The van der Waals surface area contributed by atoms with Crippen molar-refractivity contribution in [2.45, 2.75) is 40.0 Å². The van der Waals surface area contributed by atoms with Crippen molar-refractivity contribution in [1.82, 2.24) is 0 Å². The van der Waals surface area contributed by atoms with E-state index in [9.17, 15) is 0 Å². The molecule has 7 rings (SSSR count). The van der Waals surface area contributed by atoms with E-state index in [2.05, 4.69) is 232 Å². The first-order chi connectivity index (χ1) is 25.2. The molecule has 0 bridgehead atoms. The average Bonchev–Trinajstić information content (AvgIpc) is 3.16. The highest BCUT2D eigenvalue weighted by Gasteiger charge is 2.17. The van der Waals surface area contributed by atoms with Crippen LogP contribution in [0.1, 0.15) is 48.6 Å². The van der Waals surface area contributed by atoms with Crippen LogP contribution >= 0.6 is 0 Å². The van der Waals surface area contributed by atoms with E-state index in [0.717, 1.165) is 34.0 Å². The molecule has 0 fully saturated rings. The lowest BCUT2D eigenvalue weighted by molar-refractivity contribution is 0.590. The number of anilines is 6. The molecule has 0 amide bonds. The number of benzene rings is 7. The summed E-state index contributed by atoms with van der Waals surface area (Å²) in [6, 6.07) is 63.3. The largest absolute Gasteiger partial charge is 0.311 e. The number of aryl methyl sites for hydroxylation is 2. The topological polar surface area (TPSA) is 6.48 Å². The molecule has 0 saturated heterocycles. The second-order valence-electron chi connectivity index (χ2n) is 14.6. The molecule has 7 aromatic carbocycles. The van der Waals surface area contributed by atoms with Gasteiger partial charge in [-0.25, -0.2) is 0 Å². The van der Waals surface area contributed by atoms with Gasteiger partial charge in [0.2, 0.25) is 0 Å². The first kappa shape index (κ1) is 34.3. The van der Waals surface area contributed by atoms with Crippen molar-refractivity contribution in [3.8, 4) is 11.1 Å². The predicted octanol–water partition coefficient (Wildman–Crippen LogP) is 14.4. The van der Waals surface area contributed by atoms with Gasteiger partial charge in [0.25, 0.3) is 0 Å². The number of hydrogen-bond acceptors (Lipinski definition) is 2. The minimum Gasteiger partial charge on any atom is -0.311 e. The third-order valence-electron chi connectivity index (χ3n) is 9.47. The molecular weight excluding hydrogens is 629 g/mol. The monoisotopic (exact) mass is 674 g/mol. The molecule has 0 saturated carbocycles. The Morgan fingerprint density at radius 3 is 1.15 bits per heavy atom. The first-order valence-corrected chi connectivity index (χ1v) is 18.1. The number of para-hydroxylation sites is 2. The fraction of sp³-hybridized carbons (Fsp3) is 0.120. The van der Waals surface area contributed by atoms with Crippen molar-refractivity contribution < 1.29 is 0 Å². The maximum Gasteiger partial charge on any atom is 0.0466 e. The molecule has 0 aliphatic carbocycles. The molecule has 0 aliphatic heterocycles. The molecule has 2 heteroatoms. The molecule has 0 spiro atoms. The molecular formula is C50H46N2. The van der Waals surface area contributed by atoms with Crippen LogP contribution in [0, 0.1) is 13.8 Å². The maximum atomic E-state index is 2.35. The Kier molecular flexibility index (Phi) is 9.91. The summed E-state index contributed by atoms with van der Waals surface area (Å²) >= 11 is 0. The predicted molar refractivity (Wildman–Crippen MR) is 225 cm³/mol. The average molecular weight is 675 g/mol. The summed E-state index contributed by atoms with van der Waals surface area (Å²) in [7, 11) is 0. The lowest BCUT2D eigenvalue weighted by Crippen LogP contribution is -2.13. The zero-order valence-corrected chi connectivity index (χ0v) is 30.8. The molecule has 0 aliphatic rings. The Bertz CT molecular complexity index is 2180.